The van der Waals surface area contributed by atoms with Crippen molar-refractivity contribution in [2.75, 3.05) is 6.61 Å². The van der Waals surface area contributed by atoms with Gasteiger partial charge < -0.3 is 0 Å². The van der Waals surface area contributed by atoms with Crippen LogP contribution in [0.3, 0.4) is 0 Å². The Bertz CT molecular complexity index is 175. The van der Waals surface area contributed by atoms with E-state index in [1.807, 2.05) is 0 Å². The Hall–Kier alpha value is 0.269. The van der Waals surface area contributed by atoms with Crippen molar-refractivity contribution in [1.82, 2.24) is 0 Å². The molecule has 0 amide bonds. The van der Waals surface area contributed by atoms with Crippen LogP contribution in [-0.4, -0.2) is 82.9 Å². The topological polar surface area (TPSA) is 118 Å². The molecule has 0 radical (unpaired) electrons. The molecule has 0 aliphatic carbocycles. The van der Waals surface area contributed by atoms with Gasteiger partial charge in [-0.05, 0) is 0 Å². The van der Waals surface area contributed by atoms with Crippen molar-refractivity contribution >= 4 is 26.3 Å². The SMILES string of the molecule is O=[C]([SnH3])[C@H](O)[C@@H](O)[C@H](O)[C@H](O)CO. The molecule has 0 heterocycles. The van der Waals surface area contributed by atoms with Gasteiger partial charge in [-0.25, -0.2) is 0 Å². The third kappa shape index (κ3) is 3.88. The first kappa shape index (κ1) is 13.3. The Morgan fingerprint density at radius 2 is 1.62 bits per heavy atom. The fraction of sp³-hybridized carbons (Fsp3) is 0.833. The molecule has 0 aliphatic rings. The van der Waals surface area contributed by atoms with Crippen molar-refractivity contribution in [3.05, 3.63) is 0 Å². The molecule has 13 heavy (non-hydrogen) atoms. The maximum atomic E-state index is 10.6. The van der Waals surface area contributed by atoms with Gasteiger partial charge in [0.1, 0.15) is 0 Å². The van der Waals surface area contributed by atoms with Crippen molar-refractivity contribution in [3.63, 3.8) is 0 Å². The Labute approximate surface area is 87.9 Å². The monoisotopic (exact) mass is 302 g/mol. The quantitative estimate of drug-likeness (QED) is 0.326. The standard InChI is InChI=1S/C6H11O6.Sn.3H/c7-1-3(9)5(11)6(12)4(10)2-8;;;;/h3-7,9-12H,1H2;;;;/t3-,4+,5-,6-;;;;/m1..../s1. The van der Waals surface area contributed by atoms with Crippen LogP contribution in [0.2, 0.25) is 0 Å². The van der Waals surface area contributed by atoms with Crippen LogP contribution in [0.25, 0.3) is 0 Å². The summed E-state index contributed by atoms with van der Waals surface area (Å²) in [5.74, 6) is 0. The predicted molar refractivity (Wildman–Crippen MR) is 46.1 cm³/mol. The molecule has 0 spiro atoms. The van der Waals surface area contributed by atoms with Crippen molar-refractivity contribution < 1.29 is 30.3 Å². The van der Waals surface area contributed by atoms with Gasteiger partial charge in [0.2, 0.25) is 0 Å². The van der Waals surface area contributed by atoms with Crippen molar-refractivity contribution in [2.45, 2.75) is 24.4 Å². The van der Waals surface area contributed by atoms with Gasteiger partial charge in [-0.15, -0.1) is 0 Å². The van der Waals surface area contributed by atoms with Gasteiger partial charge in [0.25, 0.3) is 0 Å². The number of carbonyl (C=O) groups excluding carboxylic acids is 1. The molecule has 0 rings (SSSR count). The zero-order chi connectivity index (χ0) is 10.6. The summed E-state index contributed by atoms with van der Waals surface area (Å²) in [6.45, 7) is -0.744. The van der Waals surface area contributed by atoms with Gasteiger partial charge in [-0.1, -0.05) is 0 Å². The zero-order valence-corrected chi connectivity index (χ0v) is 12.9. The minimum atomic E-state index is -1.74. The third-order valence-electron chi connectivity index (χ3n) is 1.67. The van der Waals surface area contributed by atoms with Gasteiger partial charge in [0.15, 0.2) is 0 Å². The van der Waals surface area contributed by atoms with Crippen LogP contribution in [0.5, 0.6) is 0 Å². The van der Waals surface area contributed by atoms with Crippen LogP contribution >= 0.6 is 0 Å². The van der Waals surface area contributed by atoms with Gasteiger partial charge in [0.05, 0.1) is 0 Å². The van der Waals surface area contributed by atoms with E-state index in [1.165, 1.54) is 0 Å². The number of carbonyl (C=O) groups is 1. The molecule has 0 aliphatic heterocycles. The first-order chi connectivity index (χ1) is 5.91. The number of aliphatic hydroxyl groups excluding tert-OH is 5. The first-order valence-corrected chi connectivity index (χ1v) is 6.60. The normalized spacial score (nSPS) is 20.7. The third-order valence-corrected chi connectivity index (χ3v) is 3.36. The molecule has 0 bridgehead atoms. The predicted octanol–water partition coefficient (Wildman–Crippen LogP) is -4.69. The fourth-order valence-electron chi connectivity index (χ4n) is 0.763. The summed E-state index contributed by atoms with van der Waals surface area (Å²) < 4.78 is -0.515. The first-order valence-electron chi connectivity index (χ1n) is 3.75. The molecule has 0 aromatic heterocycles. The van der Waals surface area contributed by atoms with E-state index in [-0.39, 0.29) is 0 Å². The zero-order valence-electron chi connectivity index (χ0n) is 7.16. The second-order valence-electron chi connectivity index (χ2n) is 2.79. The molecule has 6 nitrogen and oxygen atoms in total. The number of hydrogen-bond donors (Lipinski definition) is 5. The Balaban J connectivity index is 4.24. The second-order valence-corrected chi connectivity index (χ2v) is 5.60. The van der Waals surface area contributed by atoms with Crippen LogP contribution < -0.4 is 0 Å². The van der Waals surface area contributed by atoms with E-state index >= 15 is 0 Å². The maximum absolute atomic E-state index is 10.6. The van der Waals surface area contributed by atoms with E-state index in [0.29, 0.717) is 0 Å². The molecule has 0 aromatic rings. The molecule has 4 atom stereocenters. The van der Waals surface area contributed by atoms with Crippen molar-refractivity contribution in [1.29, 1.82) is 0 Å². The van der Waals surface area contributed by atoms with Gasteiger partial charge >= 0.3 is 87.7 Å². The van der Waals surface area contributed by atoms with Crippen molar-refractivity contribution in [2.24, 2.45) is 0 Å². The Morgan fingerprint density at radius 1 is 1.15 bits per heavy atom. The van der Waals surface area contributed by atoms with E-state index < -0.39 is 57.3 Å². The number of aliphatic hydroxyl groups is 5. The van der Waals surface area contributed by atoms with E-state index in [2.05, 4.69) is 0 Å². The molecule has 0 unspecified atom stereocenters. The summed E-state index contributed by atoms with van der Waals surface area (Å²) in [7, 11) is 0. The molecule has 0 fully saturated rings. The van der Waals surface area contributed by atoms with E-state index in [0.717, 1.165) is 0 Å². The number of hydrogen-bond acceptors (Lipinski definition) is 6. The molecule has 0 saturated heterocycles. The van der Waals surface area contributed by atoms with Gasteiger partial charge in [-0.2, -0.15) is 0 Å². The van der Waals surface area contributed by atoms with Crippen LogP contribution in [-0.2, 0) is 4.79 Å². The molecular formula is C6H14O6Sn. The summed E-state index contributed by atoms with van der Waals surface area (Å²) in [5.41, 5.74) is 0. The molecular weight excluding hydrogens is 287 g/mol. The van der Waals surface area contributed by atoms with E-state index in [4.69, 9.17) is 25.5 Å². The second kappa shape index (κ2) is 5.89. The Kier molecular flexibility index (Phi) is 6.01. The Morgan fingerprint density at radius 3 is 1.92 bits per heavy atom. The molecule has 0 saturated carbocycles. The van der Waals surface area contributed by atoms with Gasteiger partial charge in [-0.3, -0.25) is 0 Å². The minimum absolute atomic E-state index is 0.469. The average Bonchev–Trinajstić information content (AvgIpc) is 2.12. The van der Waals surface area contributed by atoms with Gasteiger partial charge in [0, 0.05) is 0 Å². The molecule has 0 aromatic carbocycles. The molecule has 7 heteroatoms. The van der Waals surface area contributed by atoms with Crippen molar-refractivity contribution in [3.8, 4) is 0 Å². The molecule has 5 N–H and O–H groups in total. The van der Waals surface area contributed by atoms with E-state index in [1.54, 1.807) is 0 Å². The van der Waals surface area contributed by atoms with E-state index in [9.17, 15) is 4.79 Å². The van der Waals surface area contributed by atoms with Crippen LogP contribution in [0.4, 0.5) is 0 Å². The number of rotatable bonds is 5. The van der Waals surface area contributed by atoms with Crippen LogP contribution in [0.1, 0.15) is 0 Å². The molecule has 78 valence electrons. The summed E-state index contributed by atoms with van der Waals surface area (Å²) in [6.07, 6.45) is -6.67. The fourth-order valence-corrected chi connectivity index (χ4v) is 1.74. The average molecular weight is 301 g/mol. The van der Waals surface area contributed by atoms with Crippen LogP contribution in [0, 0.1) is 0 Å². The summed E-state index contributed by atoms with van der Waals surface area (Å²) in [6, 6.07) is 0. The summed E-state index contributed by atoms with van der Waals surface area (Å²) in [4.78, 5) is 10.6. The summed E-state index contributed by atoms with van der Waals surface area (Å²) >= 11 is -0.469. The van der Waals surface area contributed by atoms with Crippen LogP contribution in [0.15, 0.2) is 0 Å². The summed E-state index contributed by atoms with van der Waals surface area (Å²) in [5, 5.41) is 44.4.